The van der Waals surface area contributed by atoms with Crippen molar-refractivity contribution in [1.29, 1.82) is 0 Å². The van der Waals surface area contributed by atoms with Crippen LogP contribution in [0.2, 0.25) is 5.02 Å². The van der Waals surface area contributed by atoms with E-state index in [4.69, 9.17) is 16.3 Å². The van der Waals surface area contributed by atoms with Crippen LogP contribution in [0.5, 0.6) is 5.75 Å². The lowest BCUT2D eigenvalue weighted by atomic mass is 10.1. The molecular weight excluding hydrogens is 432 g/mol. The first kappa shape index (κ1) is 25.1. The van der Waals surface area contributed by atoms with Gasteiger partial charge in [0.15, 0.2) is 0 Å². The first-order chi connectivity index (χ1) is 15.0. The number of rotatable bonds is 12. The van der Waals surface area contributed by atoms with Gasteiger partial charge in [0.1, 0.15) is 11.8 Å². The van der Waals surface area contributed by atoms with E-state index in [9.17, 15) is 9.59 Å². The average molecular weight is 463 g/mol. The van der Waals surface area contributed by atoms with Crippen LogP contribution < -0.4 is 10.1 Å². The second-order valence-corrected chi connectivity index (χ2v) is 8.63. The number of hydrogen-bond donors (Lipinski definition) is 1. The molecule has 0 aromatic heterocycles. The van der Waals surface area contributed by atoms with Gasteiger partial charge in [-0.2, -0.15) is 0 Å². The zero-order valence-electron chi connectivity index (χ0n) is 18.4. The van der Waals surface area contributed by atoms with Crippen molar-refractivity contribution in [2.75, 3.05) is 19.4 Å². The molecule has 7 heteroatoms. The van der Waals surface area contributed by atoms with Crippen molar-refractivity contribution in [2.45, 2.75) is 45.0 Å². The minimum atomic E-state index is -0.503. The molecule has 2 amide bonds. The van der Waals surface area contributed by atoms with Crippen molar-refractivity contribution in [3.05, 3.63) is 64.7 Å². The molecule has 0 fully saturated rings. The highest BCUT2D eigenvalue weighted by atomic mass is 35.5. The molecule has 2 aromatic carbocycles. The van der Waals surface area contributed by atoms with E-state index >= 15 is 0 Å². The molecular formula is C24H31ClN2O3S. The molecule has 1 unspecified atom stereocenters. The maximum Gasteiger partial charge on any atom is 0.242 e. The number of methoxy groups -OCH3 is 1. The number of carbonyl (C=O) groups is 2. The number of ether oxygens (including phenoxy) is 1. The van der Waals surface area contributed by atoms with Crippen LogP contribution >= 0.6 is 23.4 Å². The quantitative estimate of drug-likeness (QED) is 0.486. The minimum absolute atomic E-state index is 0.0479. The Balaban J connectivity index is 2.10. The Bertz CT molecular complexity index is 828. The van der Waals surface area contributed by atoms with Gasteiger partial charge >= 0.3 is 0 Å². The molecule has 0 aliphatic carbocycles. The average Bonchev–Trinajstić information content (AvgIpc) is 2.79. The summed E-state index contributed by atoms with van der Waals surface area (Å²) in [6.45, 7) is 4.92. The van der Waals surface area contributed by atoms with E-state index < -0.39 is 6.04 Å². The second kappa shape index (κ2) is 13.3. The van der Waals surface area contributed by atoms with Crippen LogP contribution in [-0.4, -0.2) is 42.2 Å². The fraction of sp³-hybridized carbons (Fsp3) is 0.417. The van der Waals surface area contributed by atoms with E-state index in [1.165, 1.54) is 11.8 Å². The molecule has 2 rings (SSSR count). The predicted molar refractivity (Wildman–Crippen MR) is 129 cm³/mol. The summed E-state index contributed by atoms with van der Waals surface area (Å²) in [5.41, 5.74) is 2.07. The summed E-state index contributed by atoms with van der Waals surface area (Å²) in [4.78, 5) is 27.6. The third-order valence-electron chi connectivity index (χ3n) is 4.85. The molecule has 0 aliphatic heterocycles. The summed E-state index contributed by atoms with van der Waals surface area (Å²) in [5.74, 6) is 1.61. The van der Waals surface area contributed by atoms with Gasteiger partial charge in [0, 0.05) is 23.9 Å². The minimum Gasteiger partial charge on any atom is -0.497 e. The van der Waals surface area contributed by atoms with Crippen molar-refractivity contribution in [3.8, 4) is 5.75 Å². The van der Waals surface area contributed by atoms with Crippen LogP contribution in [0.3, 0.4) is 0 Å². The molecule has 31 heavy (non-hydrogen) atoms. The van der Waals surface area contributed by atoms with Crippen molar-refractivity contribution < 1.29 is 14.3 Å². The zero-order valence-corrected chi connectivity index (χ0v) is 20.0. The molecule has 1 atom stereocenters. The van der Waals surface area contributed by atoms with Crippen LogP contribution in [0.25, 0.3) is 0 Å². The highest BCUT2D eigenvalue weighted by Crippen LogP contribution is 2.20. The van der Waals surface area contributed by atoms with Crippen molar-refractivity contribution in [1.82, 2.24) is 10.2 Å². The third-order valence-corrected chi connectivity index (χ3v) is 6.10. The van der Waals surface area contributed by atoms with Crippen molar-refractivity contribution >= 4 is 35.2 Å². The van der Waals surface area contributed by atoms with Gasteiger partial charge in [0.25, 0.3) is 0 Å². The van der Waals surface area contributed by atoms with Crippen LogP contribution in [0.4, 0.5) is 0 Å². The third kappa shape index (κ3) is 8.11. The standard InChI is InChI=1S/C24H31ClN2O3S/c1-4-14-26-24(29)22(5-2)27(15-18-8-12-21(30-3)13-9-18)23(28)17-31-16-19-6-10-20(25)11-7-19/h6-13,22H,4-5,14-17H2,1-3H3,(H,26,29). The number of hydrogen-bond acceptors (Lipinski definition) is 4. The lowest BCUT2D eigenvalue weighted by molar-refractivity contribution is -0.139. The second-order valence-electron chi connectivity index (χ2n) is 7.20. The van der Waals surface area contributed by atoms with E-state index in [-0.39, 0.29) is 11.8 Å². The Kier molecular flexibility index (Phi) is 10.7. The summed E-state index contributed by atoms with van der Waals surface area (Å²) in [6, 6.07) is 14.7. The fourth-order valence-electron chi connectivity index (χ4n) is 3.13. The Morgan fingerprint density at radius 1 is 1.06 bits per heavy atom. The number of nitrogens with one attached hydrogen (secondary N) is 1. The predicted octanol–water partition coefficient (Wildman–Crippen LogP) is 4.92. The topological polar surface area (TPSA) is 58.6 Å². The lowest BCUT2D eigenvalue weighted by Crippen LogP contribution is -2.49. The maximum atomic E-state index is 13.2. The molecule has 2 aromatic rings. The molecule has 0 saturated heterocycles. The van der Waals surface area contributed by atoms with E-state index in [2.05, 4.69) is 5.32 Å². The van der Waals surface area contributed by atoms with E-state index in [1.54, 1.807) is 12.0 Å². The number of nitrogens with zero attached hydrogens (tertiary/aromatic N) is 1. The summed E-state index contributed by atoms with van der Waals surface area (Å²) >= 11 is 7.47. The van der Waals surface area contributed by atoms with Crippen LogP contribution in [0.15, 0.2) is 48.5 Å². The number of carbonyl (C=O) groups excluding carboxylic acids is 2. The normalized spacial score (nSPS) is 11.6. The Labute approximate surface area is 194 Å². The molecule has 0 bridgehead atoms. The Morgan fingerprint density at radius 2 is 1.71 bits per heavy atom. The van der Waals surface area contributed by atoms with E-state index in [1.807, 2.05) is 62.4 Å². The van der Waals surface area contributed by atoms with Gasteiger partial charge in [-0.15, -0.1) is 11.8 Å². The molecule has 168 valence electrons. The number of benzene rings is 2. The molecule has 5 nitrogen and oxygen atoms in total. The SMILES string of the molecule is CCCNC(=O)C(CC)N(Cc1ccc(OC)cc1)C(=O)CSCc1ccc(Cl)cc1. The first-order valence-corrected chi connectivity index (χ1v) is 12.0. The summed E-state index contributed by atoms with van der Waals surface area (Å²) in [7, 11) is 1.62. The highest BCUT2D eigenvalue weighted by molar-refractivity contribution is 7.99. The van der Waals surface area contributed by atoms with Gasteiger partial charge in [-0.05, 0) is 48.2 Å². The highest BCUT2D eigenvalue weighted by Gasteiger charge is 2.28. The van der Waals surface area contributed by atoms with Crippen LogP contribution in [0.1, 0.15) is 37.8 Å². The van der Waals surface area contributed by atoms with Gasteiger partial charge in [-0.3, -0.25) is 9.59 Å². The molecule has 0 radical (unpaired) electrons. The van der Waals surface area contributed by atoms with Crippen molar-refractivity contribution in [3.63, 3.8) is 0 Å². The zero-order chi connectivity index (χ0) is 22.6. The largest absolute Gasteiger partial charge is 0.497 e. The summed E-state index contributed by atoms with van der Waals surface area (Å²) < 4.78 is 5.22. The van der Waals surface area contributed by atoms with Gasteiger partial charge in [-0.25, -0.2) is 0 Å². The molecule has 1 N–H and O–H groups in total. The molecule has 0 heterocycles. The van der Waals surface area contributed by atoms with Gasteiger partial charge in [-0.1, -0.05) is 49.7 Å². The van der Waals surface area contributed by atoms with E-state index in [0.29, 0.717) is 36.0 Å². The van der Waals surface area contributed by atoms with Crippen LogP contribution in [-0.2, 0) is 21.9 Å². The fourth-order valence-corrected chi connectivity index (χ4v) is 4.13. The maximum absolute atomic E-state index is 13.2. The lowest BCUT2D eigenvalue weighted by Gasteiger charge is -2.30. The Hall–Kier alpha value is -2.18. The number of thioether (sulfide) groups is 1. The monoisotopic (exact) mass is 462 g/mol. The molecule has 0 saturated carbocycles. The van der Waals surface area contributed by atoms with Gasteiger partial charge in [0.05, 0.1) is 12.9 Å². The molecule has 0 aliphatic rings. The number of amides is 2. The first-order valence-electron chi connectivity index (χ1n) is 10.5. The van der Waals surface area contributed by atoms with Crippen molar-refractivity contribution in [2.24, 2.45) is 0 Å². The Morgan fingerprint density at radius 3 is 2.29 bits per heavy atom. The van der Waals surface area contributed by atoms with Crippen LogP contribution in [0, 0.1) is 0 Å². The summed E-state index contributed by atoms with van der Waals surface area (Å²) in [5, 5.41) is 3.63. The van der Waals surface area contributed by atoms with E-state index in [0.717, 1.165) is 23.3 Å². The smallest absolute Gasteiger partial charge is 0.242 e. The summed E-state index contributed by atoms with van der Waals surface area (Å²) in [6.07, 6.45) is 1.41. The van der Waals surface area contributed by atoms with Gasteiger partial charge in [0.2, 0.25) is 11.8 Å². The number of halogens is 1. The molecule has 0 spiro atoms. The van der Waals surface area contributed by atoms with Gasteiger partial charge < -0.3 is 15.0 Å².